The van der Waals surface area contributed by atoms with Crippen LogP contribution in [0.2, 0.25) is 0 Å². The van der Waals surface area contributed by atoms with Crippen LogP contribution < -0.4 is 51.4 Å². The van der Waals surface area contributed by atoms with E-state index in [1.165, 1.54) is 0 Å². The molecule has 1 N–H and O–H groups in total. The van der Waals surface area contributed by atoms with Gasteiger partial charge in [-0.05, 0) is 12.1 Å². The standard InChI is InChI=1S/C8H8O3.K/c9-6-11-8(10)7-4-2-1-3-5-7;/h1-5,9H,6H2;/q;+1. The molecule has 0 aliphatic rings. The van der Waals surface area contributed by atoms with E-state index >= 15 is 0 Å². The smallest absolute Gasteiger partial charge is 0.435 e. The van der Waals surface area contributed by atoms with E-state index in [0.717, 1.165) is 0 Å². The van der Waals surface area contributed by atoms with Crippen molar-refractivity contribution in [2.75, 3.05) is 6.79 Å². The summed E-state index contributed by atoms with van der Waals surface area (Å²) in [5.74, 6) is -0.506. The number of esters is 1. The topological polar surface area (TPSA) is 46.5 Å². The third-order valence-corrected chi connectivity index (χ3v) is 1.21. The second-order valence-corrected chi connectivity index (χ2v) is 1.93. The first-order chi connectivity index (χ1) is 5.34. The van der Waals surface area contributed by atoms with Gasteiger partial charge in [-0.15, -0.1) is 0 Å². The summed E-state index contributed by atoms with van der Waals surface area (Å²) in [6.45, 7) is -0.576. The molecule has 58 valence electrons. The van der Waals surface area contributed by atoms with Gasteiger partial charge in [-0.25, -0.2) is 4.79 Å². The van der Waals surface area contributed by atoms with Gasteiger partial charge in [-0.3, -0.25) is 0 Å². The largest absolute Gasteiger partial charge is 1.00 e. The van der Waals surface area contributed by atoms with Crippen LogP contribution in [-0.2, 0) is 4.74 Å². The van der Waals surface area contributed by atoms with Crippen molar-refractivity contribution in [3.63, 3.8) is 0 Å². The van der Waals surface area contributed by atoms with Crippen molar-refractivity contribution in [2.45, 2.75) is 0 Å². The van der Waals surface area contributed by atoms with Gasteiger partial charge in [0.25, 0.3) is 0 Å². The van der Waals surface area contributed by atoms with Crippen molar-refractivity contribution in [3.8, 4) is 0 Å². The van der Waals surface area contributed by atoms with Gasteiger partial charge >= 0.3 is 57.4 Å². The van der Waals surface area contributed by atoms with E-state index in [1.54, 1.807) is 30.3 Å². The molecule has 0 aliphatic carbocycles. The van der Waals surface area contributed by atoms with E-state index in [9.17, 15) is 4.79 Å². The van der Waals surface area contributed by atoms with Crippen LogP contribution in [0.15, 0.2) is 30.3 Å². The first-order valence-corrected chi connectivity index (χ1v) is 3.17. The van der Waals surface area contributed by atoms with E-state index in [1.807, 2.05) is 0 Å². The number of ether oxygens (including phenoxy) is 1. The van der Waals surface area contributed by atoms with Crippen LogP contribution in [-0.4, -0.2) is 17.9 Å². The van der Waals surface area contributed by atoms with Crippen molar-refractivity contribution >= 4 is 5.97 Å². The second-order valence-electron chi connectivity index (χ2n) is 1.93. The van der Waals surface area contributed by atoms with E-state index < -0.39 is 12.8 Å². The summed E-state index contributed by atoms with van der Waals surface area (Å²) < 4.78 is 4.34. The van der Waals surface area contributed by atoms with Crippen LogP contribution in [0.1, 0.15) is 10.4 Å². The summed E-state index contributed by atoms with van der Waals surface area (Å²) in [6, 6.07) is 8.51. The minimum atomic E-state index is -0.576. The fourth-order valence-electron chi connectivity index (χ4n) is 0.716. The minimum Gasteiger partial charge on any atom is -0.435 e. The quantitative estimate of drug-likeness (QED) is 0.328. The Hall–Kier alpha value is 0.286. The van der Waals surface area contributed by atoms with Gasteiger partial charge in [-0.1, -0.05) is 18.2 Å². The predicted octanol–water partition coefficient (Wildman–Crippen LogP) is -2.20. The number of rotatable bonds is 2. The molecule has 0 bridgehead atoms. The summed E-state index contributed by atoms with van der Waals surface area (Å²) in [5, 5.41) is 8.25. The van der Waals surface area contributed by atoms with Crippen molar-refractivity contribution in [3.05, 3.63) is 35.9 Å². The Balaban J connectivity index is 0.00000121. The Morgan fingerprint density at radius 3 is 2.42 bits per heavy atom. The third kappa shape index (κ3) is 3.80. The average Bonchev–Trinajstić information content (AvgIpc) is 2.07. The Morgan fingerprint density at radius 1 is 1.33 bits per heavy atom. The van der Waals surface area contributed by atoms with Crippen LogP contribution in [0, 0.1) is 0 Å². The van der Waals surface area contributed by atoms with Crippen LogP contribution >= 0.6 is 0 Å². The van der Waals surface area contributed by atoms with Gasteiger partial charge in [0.2, 0.25) is 0 Å². The third-order valence-electron chi connectivity index (χ3n) is 1.21. The molecule has 0 saturated carbocycles. The van der Waals surface area contributed by atoms with Crippen molar-refractivity contribution in [1.82, 2.24) is 0 Å². The Morgan fingerprint density at radius 2 is 1.92 bits per heavy atom. The summed E-state index contributed by atoms with van der Waals surface area (Å²) in [5.41, 5.74) is 0.446. The fourth-order valence-corrected chi connectivity index (χ4v) is 0.716. The summed E-state index contributed by atoms with van der Waals surface area (Å²) in [6.07, 6.45) is 0. The molecular weight excluding hydrogens is 183 g/mol. The Kier molecular flexibility index (Phi) is 6.93. The average molecular weight is 191 g/mol. The Labute approximate surface area is 113 Å². The van der Waals surface area contributed by atoms with Crippen molar-refractivity contribution in [1.29, 1.82) is 0 Å². The molecule has 0 atom stereocenters. The number of carbonyl (C=O) groups excluding carboxylic acids is 1. The molecule has 0 aliphatic heterocycles. The number of hydrogen-bond donors (Lipinski definition) is 1. The molecule has 1 rings (SSSR count). The van der Waals surface area contributed by atoms with Gasteiger partial charge in [0.15, 0.2) is 6.79 Å². The maximum absolute atomic E-state index is 10.9. The molecule has 0 aromatic heterocycles. The molecule has 3 nitrogen and oxygen atoms in total. The van der Waals surface area contributed by atoms with Gasteiger partial charge < -0.3 is 9.84 Å². The van der Waals surface area contributed by atoms with E-state index in [0.29, 0.717) is 5.56 Å². The van der Waals surface area contributed by atoms with E-state index in [-0.39, 0.29) is 51.4 Å². The van der Waals surface area contributed by atoms with Crippen LogP contribution in [0.4, 0.5) is 0 Å². The molecule has 0 amide bonds. The number of carbonyl (C=O) groups is 1. The van der Waals surface area contributed by atoms with Gasteiger partial charge in [-0.2, -0.15) is 0 Å². The van der Waals surface area contributed by atoms with Crippen LogP contribution in [0.3, 0.4) is 0 Å². The predicted molar refractivity (Wildman–Crippen MR) is 38.9 cm³/mol. The minimum absolute atomic E-state index is 0. The van der Waals surface area contributed by atoms with Crippen molar-refractivity contribution in [2.24, 2.45) is 0 Å². The molecule has 0 unspecified atom stereocenters. The zero-order chi connectivity index (χ0) is 8.10. The number of aliphatic hydroxyl groups is 1. The van der Waals surface area contributed by atoms with Crippen LogP contribution in [0.25, 0.3) is 0 Å². The maximum atomic E-state index is 10.9. The SMILES string of the molecule is O=C(OCO)c1ccccc1.[K+]. The van der Waals surface area contributed by atoms with Gasteiger partial charge in [0.1, 0.15) is 0 Å². The summed E-state index contributed by atoms with van der Waals surface area (Å²) in [4.78, 5) is 10.9. The van der Waals surface area contributed by atoms with Crippen LogP contribution in [0.5, 0.6) is 0 Å². The first-order valence-electron chi connectivity index (χ1n) is 3.17. The number of hydrogen-bond acceptors (Lipinski definition) is 3. The molecule has 12 heavy (non-hydrogen) atoms. The molecule has 4 heteroatoms. The molecule has 0 radical (unpaired) electrons. The zero-order valence-electron chi connectivity index (χ0n) is 6.86. The molecular formula is C8H8KO3+. The second kappa shape index (κ2) is 6.76. The molecule has 0 saturated heterocycles. The molecule has 1 aromatic rings. The normalized spacial score (nSPS) is 8.42. The summed E-state index contributed by atoms with van der Waals surface area (Å²) in [7, 11) is 0. The number of aliphatic hydroxyl groups excluding tert-OH is 1. The zero-order valence-corrected chi connectivity index (χ0v) is 9.98. The first kappa shape index (κ1) is 12.3. The molecule has 0 heterocycles. The Bertz CT molecular complexity index is 235. The fraction of sp³-hybridized carbons (Fsp3) is 0.125. The van der Waals surface area contributed by atoms with Crippen molar-refractivity contribution < 1.29 is 66.0 Å². The summed E-state index contributed by atoms with van der Waals surface area (Å²) >= 11 is 0. The molecule has 1 aromatic carbocycles. The van der Waals surface area contributed by atoms with Gasteiger partial charge in [0.05, 0.1) is 5.56 Å². The maximum Gasteiger partial charge on any atom is 1.00 e. The van der Waals surface area contributed by atoms with Gasteiger partial charge in [0, 0.05) is 0 Å². The van der Waals surface area contributed by atoms with E-state index in [2.05, 4.69) is 4.74 Å². The monoisotopic (exact) mass is 191 g/mol. The van der Waals surface area contributed by atoms with E-state index in [4.69, 9.17) is 5.11 Å². The number of benzene rings is 1. The molecule has 0 spiro atoms. The molecule has 0 fully saturated rings.